The molecule has 2 aromatic rings. The molecule has 1 aliphatic heterocycles. The van der Waals surface area contributed by atoms with E-state index >= 15 is 0 Å². The highest BCUT2D eigenvalue weighted by Crippen LogP contribution is 2.29. The SMILES string of the molecule is Cc1ccc(C(C)C)cc1OCC(=O)OCC(=O)N1CC(=O)Nc2ccccc21. The molecule has 0 fully saturated rings. The Hall–Kier alpha value is -3.35. The van der Waals surface area contributed by atoms with E-state index in [9.17, 15) is 14.4 Å². The summed E-state index contributed by atoms with van der Waals surface area (Å²) in [5.41, 5.74) is 3.14. The summed E-state index contributed by atoms with van der Waals surface area (Å²) in [7, 11) is 0. The molecule has 1 aliphatic rings. The molecule has 0 saturated carbocycles. The summed E-state index contributed by atoms with van der Waals surface area (Å²) in [5.74, 6) is -0.471. The minimum Gasteiger partial charge on any atom is -0.482 e. The van der Waals surface area contributed by atoms with Crippen LogP contribution in [0.2, 0.25) is 0 Å². The third-order valence-corrected chi connectivity index (χ3v) is 4.65. The highest BCUT2D eigenvalue weighted by atomic mass is 16.6. The topological polar surface area (TPSA) is 84.9 Å². The number of ether oxygens (including phenoxy) is 2. The third kappa shape index (κ3) is 4.93. The lowest BCUT2D eigenvalue weighted by Crippen LogP contribution is -2.44. The summed E-state index contributed by atoms with van der Waals surface area (Å²) in [5, 5.41) is 2.71. The fraction of sp³-hybridized carbons (Fsp3) is 0.318. The normalized spacial score (nSPS) is 13.0. The number of carbonyl (C=O) groups is 3. The van der Waals surface area contributed by atoms with Crippen LogP contribution in [-0.4, -0.2) is 37.5 Å². The zero-order valence-electron chi connectivity index (χ0n) is 16.7. The summed E-state index contributed by atoms with van der Waals surface area (Å²) < 4.78 is 10.6. The maximum absolute atomic E-state index is 12.5. The Kier molecular flexibility index (Phi) is 6.16. The van der Waals surface area contributed by atoms with Crippen LogP contribution in [-0.2, 0) is 19.1 Å². The van der Waals surface area contributed by atoms with E-state index in [0.717, 1.165) is 11.1 Å². The van der Waals surface area contributed by atoms with Gasteiger partial charge in [0.25, 0.3) is 5.91 Å². The molecule has 0 radical (unpaired) electrons. The maximum Gasteiger partial charge on any atom is 0.344 e. The Labute approximate surface area is 169 Å². The largest absolute Gasteiger partial charge is 0.482 e. The van der Waals surface area contributed by atoms with Crippen molar-refractivity contribution >= 4 is 29.2 Å². The lowest BCUT2D eigenvalue weighted by molar-refractivity contribution is -0.149. The van der Waals surface area contributed by atoms with Crippen LogP contribution in [0.25, 0.3) is 0 Å². The number of anilines is 2. The molecule has 7 heteroatoms. The number of hydrogen-bond donors (Lipinski definition) is 1. The van der Waals surface area contributed by atoms with E-state index < -0.39 is 18.5 Å². The van der Waals surface area contributed by atoms with E-state index in [1.807, 2.05) is 25.1 Å². The molecule has 3 rings (SSSR count). The van der Waals surface area contributed by atoms with Crippen LogP contribution in [0, 0.1) is 6.92 Å². The van der Waals surface area contributed by atoms with Crippen molar-refractivity contribution in [2.45, 2.75) is 26.7 Å². The quantitative estimate of drug-likeness (QED) is 0.759. The number of nitrogens with zero attached hydrogens (tertiary/aromatic N) is 1. The minimum atomic E-state index is -0.651. The van der Waals surface area contributed by atoms with Gasteiger partial charge in [-0.25, -0.2) is 4.79 Å². The highest BCUT2D eigenvalue weighted by molar-refractivity contribution is 6.10. The Morgan fingerprint density at radius 2 is 1.90 bits per heavy atom. The van der Waals surface area contributed by atoms with Crippen molar-refractivity contribution in [2.75, 3.05) is 30.0 Å². The fourth-order valence-corrected chi connectivity index (χ4v) is 2.99. The molecule has 152 valence electrons. The number of fused-ring (bicyclic) bond motifs is 1. The van der Waals surface area contributed by atoms with Gasteiger partial charge in [-0.05, 0) is 42.2 Å². The number of amides is 2. The van der Waals surface area contributed by atoms with E-state index in [4.69, 9.17) is 9.47 Å². The van der Waals surface area contributed by atoms with E-state index in [1.54, 1.807) is 24.3 Å². The van der Waals surface area contributed by atoms with Gasteiger partial charge in [-0.2, -0.15) is 0 Å². The predicted octanol–water partition coefficient (Wildman–Crippen LogP) is 3.03. The minimum absolute atomic E-state index is 0.120. The van der Waals surface area contributed by atoms with E-state index in [-0.39, 0.29) is 19.1 Å². The molecule has 0 aromatic heterocycles. The lowest BCUT2D eigenvalue weighted by atomic mass is 10.0. The first-order valence-corrected chi connectivity index (χ1v) is 9.43. The molecule has 7 nitrogen and oxygen atoms in total. The zero-order chi connectivity index (χ0) is 21.0. The van der Waals surface area contributed by atoms with Crippen molar-refractivity contribution in [1.29, 1.82) is 0 Å². The number of hydrogen-bond acceptors (Lipinski definition) is 5. The van der Waals surface area contributed by atoms with Crippen molar-refractivity contribution in [2.24, 2.45) is 0 Å². The van der Waals surface area contributed by atoms with Gasteiger partial charge in [-0.15, -0.1) is 0 Å². The first-order valence-electron chi connectivity index (χ1n) is 9.43. The van der Waals surface area contributed by atoms with E-state index in [1.165, 1.54) is 4.90 Å². The number of esters is 1. The third-order valence-electron chi connectivity index (χ3n) is 4.65. The van der Waals surface area contributed by atoms with Gasteiger partial charge in [0.05, 0.1) is 11.4 Å². The summed E-state index contributed by atoms with van der Waals surface area (Å²) in [6.45, 7) is 5.17. The summed E-state index contributed by atoms with van der Waals surface area (Å²) in [6, 6.07) is 12.8. The van der Waals surface area contributed by atoms with E-state index in [0.29, 0.717) is 23.0 Å². The number of rotatable bonds is 6. The first-order chi connectivity index (χ1) is 13.8. The molecule has 0 unspecified atom stereocenters. The number of aryl methyl sites for hydroxylation is 1. The van der Waals surface area contributed by atoms with Gasteiger partial charge in [0.2, 0.25) is 5.91 Å². The number of nitrogens with one attached hydrogen (secondary N) is 1. The fourth-order valence-electron chi connectivity index (χ4n) is 2.99. The lowest BCUT2D eigenvalue weighted by Gasteiger charge is -2.28. The Morgan fingerprint density at radius 3 is 2.66 bits per heavy atom. The Balaban J connectivity index is 1.56. The van der Waals surface area contributed by atoms with Gasteiger partial charge < -0.3 is 14.8 Å². The van der Waals surface area contributed by atoms with Crippen LogP contribution < -0.4 is 15.0 Å². The number of para-hydroxylation sites is 2. The van der Waals surface area contributed by atoms with Crippen LogP contribution in [0.4, 0.5) is 11.4 Å². The average molecular weight is 396 g/mol. The molecule has 29 heavy (non-hydrogen) atoms. The smallest absolute Gasteiger partial charge is 0.344 e. The average Bonchev–Trinajstić information content (AvgIpc) is 2.70. The molecule has 2 amide bonds. The monoisotopic (exact) mass is 396 g/mol. The standard InChI is InChI=1S/C22H24N2O5/c1-14(2)16-9-8-15(3)19(10-16)28-13-22(27)29-12-21(26)24-11-20(25)23-17-6-4-5-7-18(17)24/h4-10,14H,11-13H2,1-3H3,(H,23,25). The molecule has 0 spiro atoms. The van der Waals surface area contributed by atoms with Crippen molar-refractivity contribution in [3.63, 3.8) is 0 Å². The van der Waals surface area contributed by atoms with Crippen LogP contribution >= 0.6 is 0 Å². The van der Waals surface area contributed by atoms with Gasteiger partial charge >= 0.3 is 5.97 Å². The van der Waals surface area contributed by atoms with Gasteiger partial charge in [0, 0.05) is 0 Å². The van der Waals surface area contributed by atoms with Crippen LogP contribution in [0.1, 0.15) is 30.9 Å². The Bertz CT molecular complexity index is 939. The second-order valence-electron chi connectivity index (χ2n) is 7.17. The second kappa shape index (κ2) is 8.77. The van der Waals surface area contributed by atoms with Crippen molar-refractivity contribution in [3.05, 3.63) is 53.6 Å². The molecule has 0 atom stereocenters. The first kappa shape index (κ1) is 20.4. The summed E-state index contributed by atoms with van der Waals surface area (Å²) in [6.07, 6.45) is 0. The van der Waals surface area contributed by atoms with E-state index in [2.05, 4.69) is 19.2 Å². The molecule has 1 heterocycles. The molecule has 0 bridgehead atoms. The summed E-state index contributed by atoms with van der Waals surface area (Å²) in [4.78, 5) is 37.6. The van der Waals surface area contributed by atoms with Crippen LogP contribution in [0.5, 0.6) is 5.75 Å². The highest BCUT2D eigenvalue weighted by Gasteiger charge is 2.27. The number of benzene rings is 2. The molecular formula is C22H24N2O5. The summed E-state index contributed by atoms with van der Waals surface area (Å²) >= 11 is 0. The molecule has 2 aromatic carbocycles. The molecular weight excluding hydrogens is 372 g/mol. The van der Waals surface area contributed by atoms with Gasteiger partial charge in [-0.1, -0.05) is 38.1 Å². The van der Waals surface area contributed by atoms with Gasteiger partial charge in [0.15, 0.2) is 13.2 Å². The van der Waals surface area contributed by atoms with Gasteiger partial charge in [-0.3, -0.25) is 14.5 Å². The molecule has 0 aliphatic carbocycles. The van der Waals surface area contributed by atoms with Crippen molar-refractivity contribution < 1.29 is 23.9 Å². The molecule has 0 saturated heterocycles. The van der Waals surface area contributed by atoms with Gasteiger partial charge in [0.1, 0.15) is 12.3 Å². The molecule has 1 N–H and O–H groups in total. The maximum atomic E-state index is 12.5. The zero-order valence-corrected chi connectivity index (χ0v) is 16.7. The second-order valence-corrected chi connectivity index (χ2v) is 7.17. The van der Waals surface area contributed by atoms with Crippen LogP contribution in [0.15, 0.2) is 42.5 Å². The predicted molar refractivity (Wildman–Crippen MR) is 109 cm³/mol. The van der Waals surface area contributed by atoms with Crippen molar-refractivity contribution in [3.8, 4) is 5.75 Å². The van der Waals surface area contributed by atoms with Crippen molar-refractivity contribution in [1.82, 2.24) is 0 Å². The number of carbonyl (C=O) groups excluding carboxylic acids is 3. The Morgan fingerprint density at radius 1 is 1.14 bits per heavy atom. The van der Waals surface area contributed by atoms with Crippen LogP contribution in [0.3, 0.4) is 0 Å².